The predicted molar refractivity (Wildman–Crippen MR) is 84.1 cm³/mol. The third-order valence-electron chi connectivity index (χ3n) is 3.93. The van der Waals surface area contributed by atoms with Crippen LogP contribution in [0.1, 0.15) is 39.2 Å². The fourth-order valence-electron chi connectivity index (χ4n) is 2.66. The highest BCUT2D eigenvalue weighted by Gasteiger charge is 2.27. The molecule has 0 radical (unpaired) electrons. The van der Waals surface area contributed by atoms with Crippen LogP contribution in [-0.2, 0) is 0 Å². The topological polar surface area (TPSA) is 39.1 Å². The largest absolute Gasteiger partial charge is 0.380 e. The highest BCUT2D eigenvalue weighted by atomic mass is 35.5. The van der Waals surface area contributed by atoms with Crippen LogP contribution in [0.5, 0.6) is 0 Å². The van der Waals surface area contributed by atoms with Crippen LogP contribution >= 0.6 is 11.6 Å². The number of nitriles is 1. The molecule has 20 heavy (non-hydrogen) atoms. The highest BCUT2D eigenvalue weighted by Crippen LogP contribution is 2.29. The molecule has 0 atom stereocenters. The molecule has 0 saturated carbocycles. The summed E-state index contributed by atoms with van der Waals surface area (Å²) >= 11 is 6.20. The predicted octanol–water partition coefficient (Wildman–Crippen LogP) is 3.89. The monoisotopic (exact) mass is 291 g/mol. The van der Waals surface area contributed by atoms with E-state index < -0.39 is 0 Å². The number of benzene rings is 1. The lowest BCUT2D eigenvalue weighted by Crippen LogP contribution is -2.48. The summed E-state index contributed by atoms with van der Waals surface area (Å²) in [6, 6.07) is 8.04. The summed E-state index contributed by atoms with van der Waals surface area (Å²) < 4.78 is 0. The van der Waals surface area contributed by atoms with Gasteiger partial charge in [-0.05, 0) is 45.7 Å². The van der Waals surface area contributed by atoms with E-state index in [4.69, 9.17) is 16.9 Å². The molecule has 1 saturated heterocycles. The maximum Gasteiger partial charge on any atom is 0.101 e. The van der Waals surface area contributed by atoms with Gasteiger partial charge < -0.3 is 5.32 Å². The van der Waals surface area contributed by atoms with E-state index in [0.717, 1.165) is 31.6 Å². The summed E-state index contributed by atoms with van der Waals surface area (Å²) in [4.78, 5) is 2.50. The minimum atomic E-state index is 0.229. The number of likely N-dealkylation sites (tertiary alicyclic amines) is 1. The van der Waals surface area contributed by atoms with Gasteiger partial charge in [-0.2, -0.15) is 5.26 Å². The van der Waals surface area contributed by atoms with Crippen molar-refractivity contribution in [2.45, 2.75) is 45.2 Å². The molecular formula is C16H22ClN3. The van der Waals surface area contributed by atoms with Crippen molar-refractivity contribution in [3.05, 3.63) is 28.8 Å². The molecule has 0 bridgehead atoms. The van der Waals surface area contributed by atoms with Crippen LogP contribution in [0, 0.1) is 11.3 Å². The minimum absolute atomic E-state index is 0.229. The molecular weight excluding hydrogens is 270 g/mol. The van der Waals surface area contributed by atoms with Crippen LogP contribution in [0.4, 0.5) is 5.69 Å². The lowest BCUT2D eigenvalue weighted by Gasteiger charge is -2.41. The first-order chi connectivity index (χ1) is 9.41. The Morgan fingerprint density at radius 2 is 1.95 bits per heavy atom. The molecule has 1 fully saturated rings. The quantitative estimate of drug-likeness (QED) is 0.898. The second-order valence-electron chi connectivity index (χ2n) is 6.35. The lowest BCUT2D eigenvalue weighted by molar-refractivity contribution is 0.106. The molecule has 1 aliphatic rings. The van der Waals surface area contributed by atoms with Gasteiger partial charge in [0.2, 0.25) is 0 Å². The van der Waals surface area contributed by atoms with E-state index in [1.54, 1.807) is 6.07 Å². The lowest BCUT2D eigenvalue weighted by atomic mass is 9.97. The van der Waals surface area contributed by atoms with Crippen LogP contribution < -0.4 is 5.32 Å². The molecule has 1 aromatic rings. The molecule has 1 aliphatic heterocycles. The first-order valence-corrected chi connectivity index (χ1v) is 7.50. The number of anilines is 1. The first kappa shape index (κ1) is 15.2. The first-order valence-electron chi connectivity index (χ1n) is 7.12. The van der Waals surface area contributed by atoms with Crippen molar-refractivity contribution >= 4 is 17.3 Å². The van der Waals surface area contributed by atoms with Crippen LogP contribution in [0.25, 0.3) is 0 Å². The Bertz CT molecular complexity index is 505. The van der Waals surface area contributed by atoms with Crippen molar-refractivity contribution in [3.8, 4) is 6.07 Å². The number of halogens is 1. The molecule has 3 nitrogen and oxygen atoms in total. The highest BCUT2D eigenvalue weighted by molar-refractivity contribution is 6.33. The summed E-state index contributed by atoms with van der Waals surface area (Å²) in [5.74, 6) is 0. The molecule has 4 heteroatoms. The standard InChI is InChI=1S/C16H22ClN3/c1-16(2,3)20-9-7-13(8-10-20)19-15-12(11-18)5-4-6-14(15)17/h4-6,13,19H,7-10H2,1-3H3. The smallest absolute Gasteiger partial charge is 0.101 e. The SMILES string of the molecule is CC(C)(C)N1CCC(Nc2c(Cl)cccc2C#N)CC1. The van der Waals surface area contributed by atoms with Crippen LogP contribution in [0.3, 0.4) is 0 Å². The van der Waals surface area contributed by atoms with E-state index in [0.29, 0.717) is 16.6 Å². The van der Waals surface area contributed by atoms with Gasteiger partial charge in [-0.1, -0.05) is 17.7 Å². The fraction of sp³-hybridized carbons (Fsp3) is 0.562. The molecule has 1 heterocycles. The second kappa shape index (κ2) is 6.03. The third kappa shape index (κ3) is 3.45. The van der Waals surface area contributed by atoms with Crippen LogP contribution in [0.2, 0.25) is 5.02 Å². The van der Waals surface area contributed by atoms with Gasteiger partial charge in [0.25, 0.3) is 0 Å². The maximum atomic E-state index is 9.16. The summed E-state index contributed by atoms with van der Waals surface area (Å²) in [7, 11) is 0. The molecule has 1 aromatic carbocycles. The Morgan fingerprint density at radius 3 is 2.50 bits per heavy atom. The van der Waals surface area contributed by atoms with Gasteiger partial charge >= 0.3 is 0 Å². The van der Waals surface area contributed by atoms with Crippen molar-refractivity contribution in [2.24, 2.45) is 0 Å². The van der Waals surface area contributed by atoms with E-state index in [-0.39, 0.29) is 5.54 Å². The molecule has 0 aliphatic carbocycles. The summed E-state index contributed by atoms with van der Waals surface area (Å²) in [5, 5.41) is 13.3. The van der Waals surface area contributed by atoms with Crippen molar-refractivity contribution in [3.63, 3.8) is 0 Å². The Balaban J connectivity index is 2.02. The molecule has 0 amide bonds. The molecule has 0 unspecified atom stereocenters. The Morgan fingerprint density at radius 1 is 1.30 bits per heavy atom. The third-order valence-corrected chi connectivity index (χ3v) is 4.24. The number of nitrogens with one attached hydrogen (secondary N) is 1. The Kier molecular flexibility index (Phi) is 4.57. The zero-order valence-corrected chi connectivity index (χ0v) is 13.2. The maximum absolute atomic E-state index is 9.16. The number of para-hydroxylation sites is 1. The van der Waals surface area contributed by atoms with Gasteiger partial charge in [-0.15, -0.1) is 0 Å². The zero-order chi connectivity index (χ0) is 14.8. The summed E-state index contributed by atoms with van der Waals surface area (Å²) in [6.07, 6.45) is 2.15. The van der Waals surface area contributed by atoms with E-state index in [1.165, 1.54) is 0 Å². The summed E-state index contributed by atoms with van der Waals surface area (Å²) in [5.41, 5.74) is 1.63. The van der Waals surface area contributed by atoms with E-state index in [9.17, 15) is 0 Å². The van der Waals surface area contributed by atoms with E-state index in [2.05, 4.69) is 37.1 Å². The van der Waals surface area contributed by atoms with Crippen molar-refractivity contribution in [1.82, 2.24) is 4.90 Å². The van der Waals surface area contributed by atoms with Gasteiger partial charge in [-0.3, -0.25) is 4.90 Å². The van der Waals surface area contributed by atoms with E-state index in [1.807, 2.05) is 12.1 Å². The van der Waals surface area contributed by atoms with Crippen LogP contribution in [-0.4, -0.2) is 29.6 Å². The molecule has 2 rings (SSSR count). The minimum Gasteiger partial charge on any atom is -0.380 e. The van der Waals surface area contributed by atoms with Gasteiger partial charge in [0, 0.05) is 24.7 Å². The van der Waals surface area contributed by atoms with E-state index >= 15 is 0 Å². The number of piperidine rings is 1. The van der Waals surface area contributed by atoms with Crippen molar-refractivity contribution in [2.75, 3.05) is 18.4 Å². The second-order valence-corrected chi connectivity index (χ2v) is 6.76. The number of nitrogens with zero attached hydrogens (tertiary/aromatic N) is 2. The van der Waals surface area contributed by atoms with Gasteiger partial charge in [0.1, 0.15) is 6.07 Å². The summed E-state index contributed by atoms with van der Waals surface area (Å²) in [6.45, 7) is 8.91. The van der Waals surface area contributed by atoms with Gasteiger partial charge in [-0.25, -0.2) is 0 Å². The molecule has 0 spiro atoms. The molecule has 0 aromatic heterocycles. The zero-order valence-electron chi connectivity index (χ0n) is 12.4. The normalized spacial score (nSPS) is 17.8. The number of rotatable bonds is 2. The number of hydrogen-bond donors (Lipinski definition) is 1. The molecule has 1 N–H and O–H groups in total. The van der Waals surface area contributed by atoms with Gasteiger partial charge in [0.05, 0.1) is 16.3 Å². The average molecular weight is 292 g/mol. The Labute approximate surface area is 126 Å². The number of hydrogen-bond acceptors (Lipinski definition) is 3. The Hall–Kier alpha value is -1.24. The average Bonchev–Trinajstić information content (AvgIpc) is 2.40. The van der Waals surface area contributed by atoms with Gasteiger partial charge in [0.15, 0.2) is 0 Å². The molecule has 108 valence electrons. The van der Waals surface area contributed by atoms with Crippen molar-refractivity contribution < 1.29 is 0 Å². The fourth-order valence-corrected chi connectivity index (χ4v) is 2.89. The van der Waals surface area contributed by atoms with Crippen LogP contribution in [0.15, 0.2) is 18.2 Å². The van der Waals surface area contributed by atoms with Crippen molar-refractivity contribution in [1.29, 1.82) is 5.26 Å².